The second-order valence-corrected chi connectivity index (χ2v) is 5.64. The summed E-state index contributed by atoms with van der Waals surface area (Å²) in [5.41, 5.74) is 1.19. The van der Waals surface area contributed by atoms with Gasteiger partial charge in [0.15, 0.2) is 0 Å². The molecular weight excluding hydrogens is 324 g/mol. The van der Waals surface area contributed by atoms with Crippen LogP contribution in [0.1, 0.15) is 6.42 Å². The average molecular weight is 340 g/mol. The number of hydrogen-bond donors (Lipinski definition) is 2. The van der Waals surface area contributed by atoms with Crippen molar-refractivity contribution in [2.24, 2.45) is 0 Å². The van der Waals surface area contributed by atoms with Gasteiger partial charge in [-0.3, -0.25) is 14.9 Å². The summed E-state index contributed by atoms with van der Waals surface area (Å²) in [7, 11) is 0. The van der Waals surface area contributed by atoms with E-state index in [9.17, 15) is 19.7 Å². The minimum absolute atomic E-state index is 0.0492. The smallest absolute Gasteiger partial charge is 0.319 e. The molecule has 1 saturated heterocycles. The maximum atomic E-state index is 12.1. The third-order valence-corrected chi connectivity index (χ3v) is 3.86. The first-order valence-electron chi connectivity index (χ1n) is 7.70. The number of amides is 3. The molecule has 0 bridgehead atoms. The molecular formula is C17H16N4O4. The molecule has 1 fully saturated rings. The van der Waals surface area contributed by atoms with Crippen LogP contribution in [0.2, 0.25) is 0 Å². The number of urea groups is 1. The van der Waals surface area contributed by atoms with Gasteiger partial charge in [0.2, 0.25) is 5.91 Å². The van der Waals surface area contributed by atoms with Crippen molar-refractivity contribution in [3.05, 3.63) is 64.7 Å². The molecule has 1 heterocycles. The molecule has 3 amide bonds. The number of benzene rings is 2. The Labute approximate surface area is 143 Å². The highest BCUT2D eigenvalue weighted by atomic mass is 16.6. The summed E-state index contributed by atoms with van der Waals surface area (Å²) >= 11 is 0. The SMILES string of the molecule is O=C(Nc1ccc([N+](=O)[O-])cc1)NC1CC(=O)N(c2ccccc2)C1. The van der Waals surface area contributed by atoms with Gasteiger partial charge >= 0.3 is 6.03 Å². The molecule has 0 spiro atoms. The molecule has 2 aromatic carbocycles. The lowest BCUT2D eigenvalue weighted by Gasteiger charge is -2.17. The van der Waals surface area contributed by atoms with Crippen molar-refractivity contribution in [2.45, 2.75) is 12.5 Å². The summed E-state index contributed by atoms with van der Waals surface area (Å²) in [6.45, 7) is 0.399. The molecule has 0 aromatic heterocycles. The number of rotatable bonds is 4. The summed E-state index contributed by atoms with van der Waals surface area (Å²) in [4.78, 5) is 35.9. The van der Waals surface area contributed by atoms with Crippen molar-refractivity contribution in [1.82, 2.24) is 5.32 Å². The Balaban J connectivity index is 1.56. The molecule has 2 aromatic rings. The van der Waals surface area contributed by atoms with Crippen LogP contribution in [0.25, 0.3) is 0 Å². The van der Waals surface area contributed by atoms with Crippen molar-refractivity contribution in [2.75, 3.05) is 16.8 Å². The van der Waals surface area contributed by atoms with E-state index in [1.807, 2.05) is 30.3 Å². The van der Waals surface area contributed by atoms with E-state index >= 15 is 0 Å². The second-order valence-electron chi connectivity index (χ2n) is 5.64. The highest BCUT2D eigenvalue weighted by molar-refractivity contribution is 5.97. The van der Waals surface area contributed by atoms with Crippen LogP contribution in [0.3, 0.4) is 0 Å². The summed E-state index contributed by atoms with van der Waals surface area (Å²) in [5.74, 6) is -0.0492. The zero-order valence-electron chi connectivity index (χ0n) is 13.2. The lowest BCUT2D eigenvalue weighted by Crippen LogP contribution is -2.39. The van der Waals surface area contributed by atoms with Crippen LogP contribution in [-0.4, -0.2) is 29.4 Å². The van der Waals surface area contributed by atoms with Crippen LogP contribution in [0.15, 0.2) is 54.6 Å². The average Bonchev–Trinajstić information content (AvgIpc) is 2.96. The van der Waals surface area contributed by atoms with Crippen molar-refractivity contribution in [1.29, 1.82) is 0 Å². The molecule has 3 rings (SSSR count). The van der Waals surface area contributed by atoms with Gasteiger partial charge in [-0.15, -0.1) is 0 Å². The first kappa shape index (κ1) is 16.4. The fourth-order valence-corrected chi connectivity index (χ4v) is 2.68. The van der Waals surface area contributed by atoms with Crippen LogP contribution < -0.4 is 15.5 Å². The van der Waals surface area contributed by atoms with E-state index in [1.54, 1.807) is 4.90 Å². The van der Waals surface area contributed by atoms with Crippen LogP contribution in [0, 0.1) is 10.1 Å². The summed E-state index contributed by atoms with van der Waals surface area (Å²) in [6.07, 6.45) is 0.225. The number of nitro benzene ring substituents is 1. The van der Waals surface area contributed by atoms with Crippen molar-refractivity contribution in [3.63, 3.8) is 0 Å². The lowest BCUT2D eigenvalue weighted by molar-refractivity contribution is -0.384. The predicted octanol–water partition coefficient (Wildman–Crippen LogP) is 2.52. The summed E-state index contributed by atoms with van der Waals surface area (Å²) in [6, 6.07) is 14.0. The zero-order chi connectivity index (χ0) is 17.8. The predicted molar refractivity (Wildman–Crippen MR) is 92.5 cm³/mol. The first-order chi connectivity index (χ1) is 12.0. The number of non-ortho nitro benzene ring substituents is 1. The number of para-hydroxylation sites is 1. The molecule has 0 saturated carbocycles. The second kappa shape index (κ2) is 7.00. The van der Waals surface area contributed by atoms with Gasteiger partial charge in [0.25, 0.3) is 5.69 Å². The van der Waals surface area contributed by atoms with Gasteiger partial charge in [0, 0.05) is 36.5 Å². The number of hydrogen-bond acceptors (Lipinski definition) is 4. The molecule has 8 heteroatoms. The maximum Gasteiger partial charge on any atom is 0.319 e. The van der Waals surface area contributed by atoms with Crippen LogP contribution in [-0.2, 0) is 4.79 Å². The molecule has 128 valence electrons. The van der Waals surface area contributed by atoms with Crippen LogP contribution >= 0.6 is 0 Å². The lowest BCUT2D eigenvalue weighted by atomic mass is 10.2. The van der Waals surface area contributed by atoms with Crippen LogP contribution in [0.4, 0.5) is 21.9 Å². The topological polar surface area (TPSA) is 105 Å². The van der Waals surface area contributed by atoms with E-state index in [4.69, 9.17) is 0 Å². The third-order valence-electron chi connectivity index (χ3n) is 3.86. The largest absolute Gasteiger partial charge is 0.333 e. The van der Waals surface area contributed by atoms with E-state index in [0.29, 0.717) is 12.2 Å². The minimum Gasteiger partial charge on any atom is -0.333 e. The fourth-order valence-electron chi connectivity index (χ4n) is 2.68. The van der Waals surface area contributed by atoms with Gasteiger partial charge in [-0.05, 0) is 24.3 Å². The molecule has 1 aliphatic rings. The van der Waals surface area contributed by atoms with Crippen molar-refractivity contribution < 1.29 is 14.5 Å². The number of nitrogens with one attached hydrogen (secondary N) is 2. The van der Waals surface area contributed by atoms with Gasteiger partial charge < -0.3 is 15.5 Å². The van der Waals surface area contributed by atoms with E-state index in [1.165, 1.54) is 24.3 Å². The minimum atomic E-state index is -0.508. The molecule has 2 N–H and O–H groups in total. The van der Waals surface area contributed by atoms with Crippen molar-refractivity contribution >= 4 is 29.0 Å². The molecule has 8 nitrogen and oxygen atoms in total. The number of carbonyl (C=O) groups excluding carboxylic acids is 2. The van der Waals surface area contributed by atoms with Gasteiger partial charge in [-0.25, -0.2) is 4.79 Å². The number of carbonyl (C=O) groups is 2. The standard InChI is InChI=1S/C17H16N4O4/c22-16-10-13(11-20(16)14-4-2-1-3-5-14)19-17(23)18-12-6-8-15(9-7-12)21(24)25/h1-9,13H,10-11H2,(H2,18,19,23). The molecule has 1 atom stereocenters. The fraction of sp³-hybridized carbons (Fsp3) is 0.176. The maximum absolute atomic E-state index is 12.1. The quantitative estimate of drug-likeness (QED) is 0.659. The highest BCUT2D eigenvalue weighted by Gasteiger charge is 2.31. The van der Waals surface area contributed by atoms with Gasteiger partial charge in [-0.2, -0.15) is 0 Å². The molecule has 1 aliphatic heterocycles. The molecule has 1 unspecified atom stereocenters. The van der Waals surface area contributed by atoms with E-state index < -0.39 is 11.0 Å². The van der Waals surface area contributed by atoms with Gasteiger partial charge in [0.05, 0.1) is 11.0 Å². The summed E-state index contributed by atoms with van der Waals surface area (Å²) < 4.78 is 0. The Morgan fingerprint density at radius 1 is 1.12 bits per heavy atom. The number of anilines is 2. The number of nitro groups is 1. The van der Waals surface area contributed by atoms with E-state index in [2.05, 4.69) is 10.6 Å². The molecule has 25 heavy (non-hydrogen) atoms. The Bertz CT molecular complexity index is 792. The number of nitrogens with zero attached hydrogens (tertiary/aromatic N) is 2. The Hall–Kier alpha value is -3.42. The van der Waals surface area contributed by atoms with Crippen LogP contribution in [0.5, 0.6) is 0 Å². The molecule has 0 aliphatic carbocycles. The van der Waals surface area contributed by atoms with E-state index in [-0.39, 0.29) is 24.1 Å². The Morgan fingerprint density at radius 2 is 1.80 bits per heavy atom. The molecule has 0 radical (unpaired) electrons. The monoisotopic (exact) mass is 340 g/mol. The Kier molecular flexibility index (Phi) is 4.60. The van der Waals surface area contributed by atoms with Gasteiger partial charge in [0.1, 0.15) is 0 Å². The first-order valence-corrected chi connectivity index (χ1v) is 7.70. The van der Waals surface area contributed by atoms with Crippen molar-refractivity contribution in [3.8, 4) is 0 Å². The van der Waals surface area contributed by atoms with E-state index in [0.717, 1.165) is 5.69 Å². The van der Waals surface area contributed by atoms with Gasteiger partial charge in [-0.1, -0.05) is 18.2 Å². The highest BCUT2D eigenvalue weighted by Crippen LogP contribution is 2.21. The summed E-state index contributed by atoms with van der Waals surface area (Å²) in [5, 5.41) is 16.0. The zero-order valence-corrected chi connectivity index (χ0v) is 13.2. The Morgan fingerprint density at radius 3 is 2.44 bits per heavy atom. The normalized spacial score (nSPS) is 16.6. The third kappa shape index (κ3) is 3.92.